The minimum atomic E-state index is -0.891. The minimum absolute atomic E-state index is 0.126. The van der Waals surface area contributed by atoms with E-state index in [4.69, 9.17) is 16.9 Å². The molecule has 1 heterocycles. The van der Waals surface area contributed by atoms with Crippen molar-refractivity contribution < 1.29 is 8.78 Å². The molecule has 0 aliphatic heterocycles. The summed E-state index contributed by atoms with van der Waals surface area (Å²) in [5, 5.41) is 9.15. The lowest BCUT2D eigenvalue weighted by molar-refractivity contribution is 0.507. The van der Waals surface area contributed by atoms with Crippen LogP contribution in [-0.2, 0) is 6.54 Å². The number of nitrogens with zero attached hydrogens (tertiary/aromatic N) is 3. The van der Waals surface area contributed by atoms with Gasteiger partial charge in [-0.3, -0.25) is 0 Å². The average Bonchev–Trinajstić information content (AvgIpc) is 2.43. The van der Waals surface area contributed by atoms with E-state index in [1.54, 1.807) is 24.1 Å². The topological polar surface area (TPSA) is 39.9 Å². The van der Waals surface area contributed by atoms with Crippen molar-refractivity contribution in [2.24, 2.45) is 0 Å². The number of hydrogen-bond acceptors (Lipinski definition) is 3. The van der Waals surface area contributed by atoms with Crippen molar-refractivity contribution in [2.45, 2.75) is 6.54 Å². The average molecular weight is 294 g/mol. The van der Waals surface area contributed by atoms with E-state index in [1.807, 2.05) is 6.07 Å². The van der Waals surface area contributed by atoms with E-state index in [9.17, 15) is 8.78 Å². The Morgan fingerprint density at radius 3 is 2.65 bits per heavy atom. The van der Waals surface area contributed by atoms with Crippen molar-refractivity contribution >= 4 is 17.4 Å². The van der Waals surface area contributed by atoms with Gasteiger partial charge in [0.05, 0.1) is 5.02 Å². The fourth-order valence-corrected chi connectivity index (χ4v) is 1.86. The quantitative estimate of drug-likeness (QED) is 0.869. The molecule has 0 aliphatic carbocycles. The molecule has 0 bridgehead atoms. The van der Waals surface area contributed by atoms with Gasteiger partial charge >= 0.3 is 0 Å². The summed E-state index contributed by atoms with van der Waals surface area (Å²) in [6.45, 7) is 0.330. The predicted molar refractivity (Wildman–Crippen MR) is 72.4 cm³/mol. The third-order valence-corrected chi connectivity index (χ3v) is 3.04. The van der Waals surface area contributed by atoms with Crippen LogP contribution in [0.3, 0.4) is 0 Å². The molecule has 3 nitrogen and oxygen atoms in total. The summed E-state index contributed by atoms with van der Waals surface area (Å²) in [5.74, 6) is -1.25. The molecule has 2 aromatic rings. The molecule has 0 radical (unpaired) electrons. The number of rotatable bonds is 3. The van der Waals surface area contributed by atoms with Gasteiger partial charge in [-0.25, -0.2) is 13.8 Å². The summed E-state index contributed by atoms with van der Waals surface area (Å²) < 4.78 is 26.0. The molecular formula is C14H10ClF2N3. The van der Waals surface area contributed by atoms with E-state index in [0.29, 0.717) is 17.9 Å². The second-order valence-electron chi connectivity index (χ2n) is 4.22. The maximum Gasteiger partial charge on any atom is 0.161 e. The van der Waals surface area contributed by atoms with E-state index < -0.39 is 11.6 Å². The van der Waals surface area contributed by atoms with Gasteiger partial charge in [-0.1, -0.05) is 17.7 Å². The highest BCUT2D eigenvalue weighted by Crippen LogP contribution is 2.19. The van der Waals surface area contributed by atoms with E-state index >= 15 is 0 Å². The van der Waals surface area contributed by atoms with Crippen LogP contribution in [0.1, 0.15) is 11.3 Å². The van der Waals surface area contributed by atoms with Gasteiger partial charge in [0.25, 0.3) is 0 Å². The summed E-state index contributed by atoms with van der Waals surface area (Å²) in [5.41, 5.74) is 0.725. The van der Waals surface area contributed by atoms with Crippen LogP contribution in [0, 0.1) is 23.0 Å². The molecule has 0 unspecified atom stereocenters. The van der Waals surface area contributed by atoms with Crippen LogP contribution in [0.4, 0.5) is 14.6 Å². The Bertz CT molecular complexity index is 683. The Morgan fingerprint density at radius 2 is 2.00 bits per heavy atom. The molecule has 0 saturated carbocycles. The Kier molecular flexibility index (Phi) is 4.16. The molecule has 0 aliphatic rings. The maximum atomic E-state index is 13.1. The maximum absolute atomic E-state index is 13.1. The van der Waals surface area contributed by atoms with Crippen molar-refractivity contribution in [3.05, 3.63) is 58.2 Å². The molecule has 0 spiro atoms. The van der Waals surface area contributed by atoms with Gasteiger partial charge in [0, 0.05) is 13.6 Å². The summed E-state index contributed by atoms with van der Waals surface area (Å²) >= 11 is 5.80. The second-order valence-corrected chi connectivity index (χ2v) is 4.62. The van der Waals surface area contributed by atoms with Crippen molar-refractivity contribution in [3.8, 4) is 6.07 Å². The van der Waals surface area contributed by atoms with Crippen LogP contribution in [0.25, 0.3) is 0 Å². The molecule has 1 aromatic heterocycles. The number of aromatic nitrogens is 1. The van der Waals surface area contributed by atoms with Crippen LogP contribution in [-0.4, -0.2) is 12.0 Å². The van der Waals surface area contributed by atoms with Gasteiger partial charge in [0.2, 0.25) is 0 Å². The molecule has 2 rings (SSSR count). The molecule has 0 fully saturated rings. The van der Waals surface area contributed by atoms with Crippen LogP contribution in [0.5, 0.6) is 0 Å². The highest BCUT2D eigenvalue weighted by molar-refractivity contribution is 6.31. The summed E-state index contributed by atoms with van der Waals surface area (Å²) in [6, 6.07) is 8.83. The van der Waals surface area contributed by atoms with Gasteiger partial charge < -0.3 is 4.90 Å². The number of halogens is 3. The predicted octanol–water partition coefficient (Wildman–Crippen LogP) is 3.52. The summed E-state index contributed by atoms with van der Waals surface area (Å²) in [6.07, 6.45) is 0. The fourth-order valence-electron chi connectivity index (χ4n) is 1.72. The Morgan fingerprint density at radius 1 is 1.25 bits per heavy atom. The molecule has 20 heavy (non-hydrogen) atoms. The first-order valence-corrected chi connectivity index (χ1v) is 6.11. The molecule has 6 heteroatoms. The Hall–Kier alpha value is -2.19. The largest absolute Gasteiger partial charge is 0.355 e. The molecular weight excluding hydrogens is 284 g/mol. The molecule has 0 N–H and O–H groups in total. The third-order valence-electron chi connectivity index (χ3n) is 2.73. The van der Waals surface area contributed by atoms with Crippen LogP contribution < -0.4 is 4.90 Å². The molecule has 102 valence electrons. The number of pyridine rings is 1. The molecule has 0 amide bonds. The zero-order valence-electron chi connectivity index (χ0n) is 10.6. The first-order valence-electron chi connectivity index (χ1n) is 5.73. The van der Waals surface area contributed by atoms with Crippen molar-refractivity contribution in [3.63, 3.8) is 0 Å². The third kappa shape index (κ3) is 3.03. The monoisotopic (exact) mass is 293 g/mol. The second kappa shape index (κ2) is 5.85. The van der Waals surface area contributed by atoms with Gasteiger partial charge in [0.1, 0.15) is 11.9 Å². The lowest BCUT2D eigenvalue weighted by atomic mass is 10.2. The Balaban J connectivity index is 2.21. The molecule has 0 atom stereocenters. The zero-order valence-corrected chi connectivity index (χ0v) is 11.3. The van der Waals surface area contributed by atoms with Crippen molar-refractivity contribution in [1.82, 2.24) is 4.98 Å². The van der Waals surface area contributed by atoms with Gasteiger partial charge in [-0.05, 0) is 29.8 Å². The van der Waals surface area contributed by atoms with Crippen LogP contribution in [0.2, 0.25) is 5.02 Å². The van der Waals surface area contributed by atoms with Gasteiger partial charge in [0.15, 0.2) is 17.3 Å². The smallest absolute Gasteiger partial charge is 0.161 e. The molecule has 0 saturated heterocycles. The van der Waals surface area contributed by atoms with Crippen LogP contribution in [0.15, 0.2) is 30.3 Å². The lowest BCUT2D eigenvalue weighted by Crippen LogP contribution is -2.18. The number of anilines is 1. The normalized spacial score (nSPS) is 10.2. The summed E-state index contributed by atoms with van der Waals surface area (Å²) in [7, 11) is 1.73. The van der Waals surface area contributed by atoms with E-state index in [0.717, 1.165) is 12.1 Å². The Labute approximate surface area is 120 Å². The first-order chi connectivity index (χ1) is 9.51. The SMILES string of the molecule is CN(Cc1ccc(F)c(F)c1)c1ccc(Cl)c(C#N)n1. The van der Waals surface area contributed by atoms with Gasteiger partial charge in [-0.15, -0.1) is 0 Å². The molecule has 1 aromatic carbocycles. The standard InChI is InChI=1S/C14H10ClF2N3/c1-20(8-9-2-4-11(16)12(17)6-9)14-5-3-10(15)13(7-18)19-14/h2-6H,8H2,1H3. The van der Waals surface area contributed by atoms with E-state index in [-0.39, 0.29) is 10.7 Å². The number of benzene rings is 1. The highest BCUT2D eigenvalue weighted by Gasteiger charge is 2.09. The first kappa shape index (κ1) is 14.2. The fraction of sp³-hybridized carbons (Fsp3) is 0.143. The highest BCUT2D eigenvalue weighted by atomic mass is 35.5. The van der Waals surface area contributed by atoms with E-state index in [2.05, 4.69) is 4.98 Å². The summed E-state index contributed by atoms with van der Waals surface area (Å²) in [4.78, 5) is 5.80. The van der Waals surface area contributed by atoms with Crippen LogP contribution >= 0.6 is 11.6 Å². The number of nitriles is 1. The van der Waals surface area contributed by atoms with Gasteiger partial charge in [-0.2, -0.15) is 5.26 Å². The number of hydrogen-bond donors (Lipinski definition) is 0. The van der Waals surface area contributed by atoms with Crippen molar-refractivity contribution in [2.75, 3.05) is 11.9 Å². The van der Waals surface area contributed by atoms with E-state index in [1.165, 1.54) is 6.07 Å². The lowest BCUT2D eigenvalue weighted by Gasteiger charge is -2.18. The van der Waals surface area contributed by atoms with Crippen molar-refractivity contribution in [1.29, 1.82) is 5.26 Å². The minimum Gasteiger partial charge on any atom is -0.355 e. The zero-order chi connectivity index (χ0) is 14.7.